The second-order valence-electron chi connectivity index (χ2n) is 4.39. The van der Waals surface area contributed by atoms with Crippen LogP contribution in [-0.4, -0.2) is 35.8 Å². The Kier molecular flexibility index (Phi) is 6.57. The number of anilines is 1. The highest BCUT2D eigenvalue weighted by Gasteiger charge is 2.09. The summed E-state index contributed by atoms with van der Waals surface area (Å²) in [6, 6.07) is 7.17. The summed E-state index contributed by atoms with van der Waals surface area (Å²) in [7, 11) is 0. The summed E-state index contributed by atoms with van der Waals surface area (Å²) in [6.45, 7) is 3.64. The van der Waals surface area contributed by atoms with E-state index in [1.165, 1.54) is 4.90 Å². The van der Waals surface area contributed by atoms with E-state index in [4.69, 9.17) is 15.6 Å². The lowest BCUT2D eigenvalue weighted by Crippen LogP contribution is -2.32. The topological polar surface area (TPSA) is 75.8 Å². The Morgan fingerprint density at radius 3 is 2.47 bits per heavy atom. The SMILES string of the molecule is CCCCN(CCCOc1ccc(N)cc1)C(=O)O. The zero-order valence-corrected chi connectivity index (χ0v) is 11.3. The highest BCUT2D eigenvalue weighted by atomic mass is 16.5. The Bertz CT molecular complexity index is 379. The van der Waals surface area contributed by atoms with E-state index in [2.05, 4.69) is 0 Å². The molecule has 1 rings (SSSR count). The number of ether oxygens (including phenoxy) is 1. The molecule has 0 radical (unpaired) electrons. The molecule has 19 heavy (non-hydrogen) atoms. The van der Waals surface area contributed by atoms with Gasteiger partial charge in [-0.1, -0.05) is 13.3 Å². The van der Waals surface area contributed by atoms with Crippen molar-refractivity contribution >= 4 is 11.8 Å². The van der Waals surface area contributed by atoms with Crippen molar-refractivity contribution in [3.05, 3.63) is 24.3 Å². The van der Waals surface area contributed by atoms with E-state index in [1.807, 2.05) is 6.92 Å². The number of nitrogen functional groups attached to an aromatic ring is 1. The van der Waals surface area contributed by atoms with E-state index in [0.29, 0.717) is 31.8 Å². The normalized spacial score (nSPS) is 10.2. The van der Waals surface area contributed by atoms with E-state index >= 15 is 0 Å². The quantitative estimate of drug-likeness (QED) is 0.560. The third-order valence-corrected chi connectivity index (χ3v) is 2.77. The fourth-order valence-corrected chi connectivity index (χ4v) is 1.66. The zero-order chi connectivity index (χ0) is 14.1. The highest BCUT2D eigenvalue weighted by molar-refractivity contribution is 5.64. The van der Waals surface area contributed by atoms with Crippen molar-refractivity contribution < 1.29 is 14.6 Å². The van der Waals surface area contributed by atoms with Crippen molar-refractivity contribution in [3.63, 3.8) is 0 Å². The summed E-state index contributed by atoms with van der Waals surface area (Å²) >= 11 is 0. The number of benzene rings is 1. The molecule has 1 amide bonds. The first-order chi connectivity index (χ1) is 9.13. The van der Waals surface area contributed by atoms with E-state index in [-0.39, 0.29) is 0 Å². The van der Waals surface area contributed by atoms with Crippen LogP contribution in [0.5, 0.6) is 5.75 Å². The largest absolute Gasteiger partial charge is 0.494 e. The lowest BCUT2D eigenvalue weighted by Gasteiger charge is -2.18. The molecule has 0 aromatic heterocycles. The number of hydrogen-bond acceptors (Lipinski definition) is 3. The molecule has 106 valence electrons. The van der Waals surface area contributed by atoms with Crippen molar-refractivity contribution in [2.45, 2.75) is 26.2 Å². The third kappa shape index (κ3) is 5.99. The molecule has 0 unspecified atom stereocenters. The minimum absolute atomic E-state index is 0.500. The molecule has 0 heterocycles. The Morgan fingerprint density at radius 1 is 1.26 bits per heavy atom. The van der Waals surface area contributed by atoms with Gasteiger partial charge in [-0.05, 0) is 37.1 Å². The minimum atomic E-state index is -0.860. The number of hydrogen-bond donors (Lipinski definition) is 2. The summed E-state index contributed by atoms with van der Waals surface area (Å²) in [6.07, 6.45) is 1.71. The molecular weight excluding hydrogens is 244 g/mol. The molecule has 1 aromatic carbocycles. The molecule has 0 aliphatic rings. The molecule has 0 spiro atoms. The number of rotatable bonds is 8. The molecule has 0 aliphatic carbocycles. The van der Waals surface area contributed by atoms with Crippen LogP contribution in [-0.2, 0) is 0 Å². The van der Waals surface area contributed by atoms with Crippen molar-refractivity contribution in [3.8, 4) is 5.75 Å². The molecule has 0 fully saturated rings. The fraction of sp³-hybridized carbons (Fsp3) is 0.500. The summed E-state index contributed by atoms with van der Waals surface area (Å²) in [5.41, 5.74) is 6.27. The van der Waals surface area contributed by atoms with Gasteiger partial charge in [-0.25, -0.2) is 4.79 Å². The number of amides is 1. The smallest absolute Gasteiger partial charge is 0.407 e. The maximum Gasteiger partial charge on any atom is 0.407 e. The number of unbranched alkanes of at least 4 members (excludes halogenated alkanes) is 1. The van der Waals surface area contributed by atoms with Gasteiger partial charge in [0.1, 0.15) is 5.75 Å². The molecule has 5 heteroatoms. The molecule has 0 saturated heterocycles. The molecule has 0 aliphatic heterocycles. The van der Waals surface area contributed by atoms with Crippen LogP contribution in [0, 0.1) is 0 Å². The van der Waals surface area contributed by atoms with Gasteiger partial charge in [0.25, 0.3) is 0 Å². The van der Waals surface area contributed by atoms with E-state index in [1.54, 1.807) is 24.3 Å². The summed E-state index contributed by atoms with van der Waals surface area (Å²) < 4.78 is 5.52. The van der Waals surface area contributed by atoms with Gasteiger partial charge in [-0.2, -0.15) is 0 Å². The van der Waals surface area contributed by atoms with Crippen LogP contribution in [0.4, 0.5) is 10.5 Å². The Hall–Kier alpha value is -1.91. The van der Waals surface area contributed by atoms with Crippen LogP contribution >= 0.6 is 0 Å². The Morgan fingerprint density at radius 2 is 1.89 bits per heavy atom. The van der Waals surface area contributed by atoms with Crippen LogP contribution in [0.25, 0.3) is 0 Å². The van der Waals surface area contributed by atoms with Crippen LogP contribution < -0.4 is 10.5 Å². The number of nitrogens with zero attached hydrogens (tertiary/aromatic N) is 1. The van der Waals surface area contributed by atoms with Crippen molar-refractivity contribution in [2.75, 3.05) is 25.4 Å². The second-order valence-corrected chi connectivity index (χ2v) is 4.39. The van der Waals surface area contributed by atoms with Gasteiger partial charge in [0.2, 0.25) is 0 Å². The Balaban J connectivity index is 2.24. The summed E-state index contributed by atoms with van der Waals surface area (Å²) in [5, 5.41) is 9.02. The number of carboxylic acid groups (broad SMARTS) is 1. The van der Waals surface area contributed by atoms with Crippen LogP contribution in [0.1, 0.15) is 26.2 Å². The van der Waals surface area contributed by atoms with Gasteiger partial charge >= 0.3 is 6.09 Å². The van der Waals surface area contributed by atoms with Crippen LogP contribution in [0.2, 0.25) is 0 Å². The van der Waals surface area contributed by atoms with Gasteiger partial charge in [-0.3, -0.25) is 0 Å². The number of nitrogens with two attached hydrogens (primary N) is 1. The fourth-order valence-electron chi connectivity index (χ4n) is 1.66. The highest BCUT2D eigenvalue weighted by Crippen LogP contribution is 2.13. The zero-order valence-electron chi connectivity index (χ0n) is 11.3. The van der Waals surface area contributed by atoms with Crippen molar-refractivity contribution in [1.29, 1.82) is 0 Å². The van der Waals surface area contributed by atoms with Gasteiger partial charge in [0, 0.05) is 18.8 Å². The molecule has 3 N–H and O–H groups in total. The third-order valence-electron chi connectivity index (χ3n) is 2.77. The lowest BCUT2D eigenvalue weighted by atomic mass is 10.3. The minimum Gasteiger partial charge on any atom is -0.494 e. The maximum absolute atomic E-state index is 11.0. The first-order valence-corrected chi connectivity index (χ1v) is 6.59. The van der Waals surface area contributed by atoms with Crippen molar-refractivity contribution in [2.24, 2.45) is 0 Å². The van der Waals surface area contributed by atoms with Gasteiger partial charge < -0.3 is 20.5 Å². The average Bonchev–Trinajstić information content (AvgIpc) is 2.39. The molecule has 0 bridgehead atoms. The Labute approximate surface area is 114 Å². The van der Waals surface area contributed by atoms with Gasteiger partial charge in [-0.15, -0.1) is 0 Å². The number of carbonyl (C=O) groups is 1. The van der Waals surface area contributed by atoms with E-state index in [0.717, 1.165) is 18.6 Å². The summed E-state index contributed by atoms with van der Waals surface area (Å²) in [4.78, 5) is 12.4. The standard InChI is InChI=1S/C14H22N2O3/c1-2-3-9-16(14(17)18)10-4-11-19-13-7-5-12(15)6-8-13/h5-8H,2-4,9-11,15H2,1H3,(H,17,18). The first kappa shape index (κ1) is 15.1. The van der Waals surface area contributed by atoms with E-state index in [9.17, 15) is 4.79 Å². The average molecular weight is 266 g/mol. The molecule has 1 aromatic rings. The van der Waals surface area contributed by atoms with E-state index < -0.39 is 6.09 Å². The predicted octanol–water partition coefficient (Wildman–Crippen LogP) is 2.82. The molecule has 5 nitrogen and oxygen atoms in total. The van der Waals surface area contributed by atoms with Crippen LogP contribution in [0.3, 0.4) is 0 Å². The monoisotopic (exact) mass is 266 g/mol. The van der Waals surface area contributed by atoms with Gasteiger partial charge in [0.05, 0.1) is 6.61 Å². The molecule has 0 atom stereocenters. The molecular formula is C14H22N2O3. The predicted molar refractivity (Wildman–Crippen MR) is 75.5 cm³/mol. The lowest BCUT2D eigenvalue weighted by molar-refractivity contribution is 0.140. The first-order valence-electron chi connectivity index (χ1n) is 6.59. The van der Waals surface area contributed by atoms with Gasteiger partial charge in [0.15, 0.2) is 0 Å². The second kappa shape index (κ2) is 8.24. The van der Waals surface area contributed by atoms with Crippen LogP contribution in [0.15, 0.2) is 24.3 Å². The molecule has 0 saturated carbocycles. The van der Waals surface area contributed by atoms with Crippen molar-refractivity contribution in [1.82, 2.24) is 4.90 Å². The summed E-state index contributed by atoms with van der Waals surface area (Å²) in [5.74, 6) is 0.754. The maximum atomic E-state index is 11.0.